The fourth-order valence-electron chi connectivity index (χ4n) is 1.44. The second kappa shape index (κ2) is 5.33. The van der Waals surface area contributed by atoms with Gasteiger partial charge in [-0.2, -0.15) is 0 Å². The van der Waals surface area contributed by atoms with Crippen LogP contribution in [0.25, 0.3) is 0 Å². The van der Waals surface area contributed by atoms with Gasteiger partial charge in [0.05, 0.1) is 6.10 Å². The van der Waals surface area contributed by atoms with Crippen molar-refractivity contribution in [1.82, 2.24) is 5.32 Å². The number of hydrogen-bond acceptors (Lipinski definition) is 3. The summed E-state index contributed by atoms with van der Waals surface area (Å²) >= 11 is 11.1. The van der Waals surface area contributed by atoms with Crippen LogP contribution in [0, 0.1) is 0 Å². The topological polar surface area (TPSA) is 41.5 Å². The van der Waals surface area contributed by atoms with Crippen molar-refractivity contribution in [2.75, 3.05) is 19.7 Å². The lowest BCUT2D eigenvalue weighted by molar-refractivity contribution is -0.0255. The molecule has 1 aliphatic heterocycles. The van der Waals surface area contributed by atoms with E-state index in [1.165, 1.54) is 5.54 Å². The molecular weight excluding hydrogens is 225 g/mol. The summed E-state index contributed by atoms with van der Waals surface area (Å²) in [6, 6.07) is 0. The summed E-state index contributed by atoms with van der Waals surface area (Å²) in [4.78, 5) is 0. The van der Waals surface area contributed by atoms with E-state index < -0.39 is 5.60 Å². The summed E-state index contributed by atoms with van der Waals surface area (Å²) in [5.74, 6) is 0. The largest absolute Gasteiger partial charge is 0.386 e. The van der Waals surface area contributed by atoms with Gasteiger partial charge in [-0.3, -0.25) is 0 Å². The van der Waals surface area contributed by atoms with Gasteiger partial charge in [0.25, 0.3) is 0 Å². The third-order valence-electron chi connectivity index (χ3n) is 2.50. The van der Waals surface area contributed by atoms with E-state index in [0.717, 1.165) is 0 Å². The van der Waals surface area contributed by atoms with E-state index in [1.807, 2.05) is 6.92 Å². The zero-order valence-electron chi connectivity index (χ0n) is 8.09. The molecule has 1 rings (SSSR count). The molecule has 1 fully saturated rings. The van der Waals surface area contributed by atoms with Gasteiger partial charge in [0.1, 0.15) is 5.60 Å². The number of aliphatic hydroxyl groups is 1. The highest BCUT2D eigenvalue weighted by atomic mass is 35.5. The van der Waals surface area contributed by atoms with Gasteiger partial charge in [0, 0.05) is 36.7 Å². The lowest BCUT2D eigenvalue weighted by atomic mass is 9.97. The summed E-state index contributed by atoms with van der Waals surface area (Å²) in [7, 11) is 0. The van der Waals surface area contributed by atoms with Gasteiger partial charge in [-0.25, -0.2) is 0 Å². The van der Waals surface area contributed by atoms with Crippen molar-refractivity contribution in [1.29, 1.82) is 0 Å². The van der Waals surface area contributed by atoms with E-state index in [0.29, 0.717) is 31.1 Å². The average molecular weight is 240 g/mol. The maximum absolute atomic E-state index is 10.1. The summed E-state index contributed by atoms with van der Waals surface area (Å²) in [5, 5.41) is 13.6. The minimum atomic E-state index is -0.774. The van der Waals surface area contributed by atoms with Gasteiger partial charge >= 0.3 is 0 Å². The van der Waals surface area contributed by atoms with E-state index >= 15 is 0 Å². The Morgan fingerprint density at radius 1 is 1.79 bits per heavy atom. The highest BCUT2D eigenvalue weighted by Gasteiger charge is 2.38. The molecule has 14 heavy (non-hydrogen) atoms. The minimum Gasteiger partial charge on any atom is -0.386 e. The lowest BCUT2D eigenvalue weighted by Crippen LogP contribution is -2.46. The smallest absolute Gasteiger partial charge is 0.105 e. The van der Waals surface area contributed by atoms with Crippen LogP contribution in [0.4, 0.5) is 0 Å². The Balaban J connectivity index is 2.30. The Bertz CT molecular complexity index is 223. The van der Waals surface area contributed by atoms with Crippen LogP contribution >= 0.6 is 23.2 Å². The number of rotatable bonds is 4. The zero-order valence-corrected chi connectivity index (χ0v) is 9.61. The number of hydrogen-bond donors (Lipinski definition) is 2. The predicted octanol–water partition coefficient (Wildman–Crippen LogP) is 1.43. The summed E-state index contributed by atoms with van der Waals surface area (Å²) in [5.41, 5.74) is 0.538. The molecule has 0 spiro atoms. The van der Waals surface area contributed by atoms with Crippen molar-refractivity contribution < 1.29 is 9.84 Å². The Kier molecular flexibility index (Phi) is 4.67. The number of nitrogens with one attached hydrogen (secondary N) is 1. The van der Waals surface area contributed by atoms with Gasteiger partial charge < -0.3 is 15.2 Å². The second-order valence-corrected chi connectivity index (χ2v) is 4.23. The summed E-state index contributed by atoms with van der Waals surface area (Å²) < 4.78 is 5.29. The molecule has 2 N–H and O–H groups in total. The highest BCUT2D eigenvalue weighted by Crippen LogP contribution is 2.24. The molecule has 5 heteroatoms. The van der Waals surface area contributed by atoms with E-state index in [4.69, 9.17) is 27.9 Å². The first-order valence-electron chi connectivity index (χ1n) is 4.58. The van der Waals surface area contributed by atoms with E-state index in [2.05, 4.69) is 5.32 Å². The van der Waals surface area contributed by atoms with Crippen LogP contribution in [0.5, 0.6) is 0 Å². The summed E-state index contributed by atoms with van der Waals surface area (Å²) in [6.07, 6.45) is 0.525. The fourth-order valence-corrected chi connectivity index (χ4v) is 1.61. The highest BCUT2D eigenvalue weighted by molar-refractivity contribution is 6.36. The fraction of sp³-hybridized carbons (Fsp3) is 0.778. The Morgan fingerprint density at radius 3 is 3.00 bits per heavy atom. The molecule has 1 aliphatic rings. The van der Waals surface area contributed by atoms with Gasteiger partial charge in [0.2, 0.25) is 0 Å². The van der Waals surface area contributed by atoms with Gasteiger partial charge in [-0.1, -0.05) is 23.2 Å². The van der Waals surface area contributed by atoms with E-state index in [-0.39, 0.29) is 6.10 Å². The third-order valence-corrected chi connectivity index (χ3v) is 3.12. The van der Waals surface area contributed by atoms with Gasteiger partial charge in [-0.05, 0) is 6.92 Å². The van der Waals surface area contributed by atoms with Crippen LogP contribution in [0.1, 0.15) is 13.3 Å². The molecule has 0 amide bonds. The Morgan fingerprint density at radius 2 is 2.50 bits per heavy atom. The molecule has 2 atom stereocenters. The molecule has 2 unspecified atom stereocenters. The maximum Gasteiger partial charge on any atom is 0.105 e. The molecule has 0 aromatic heterocycles. The molecule has 0 aromatic carbocycles. The molecular formula is C9H15Cl2NO2. The molecule has 1 saturated heterocycles. The molecule has 82 valence electrons. The first-order chi connectivity index (χ1) is 6.58. The quantitative estimate of drug-likeness (QED) is 0.781. The molecule has 0 aromatic rings. The molecule has 3 nitrogen and oxygen atoms in total. The van der Waals surface area contributed by atoms with Crippen LogP contribution in [0.15, 0.2) is 10.6 Å². The first kappa shape index (κ1) is 12.3. The second-order valence-electron chi connectivity index (χ2n) is 3.53. The van der Waals surface area contributed by atoms with Gasteiger partial charge in [-0.15, -0.1) is 0 Å². The molecule has 0 radical (unpaired) electrons. The van der Waals surface area contributed by atoms with Crippen LogP contribution in [0.2, 0.25) is 0 Å². The lowest BCUT2D eigenvalue weighted by Gasteiger charge is -2.26. The van der Waals surface area contributed by atoms with Crippen molar-refractivity contribution in [2.45, 2.75) is 25.0 Å². The van der Waals surface area contributed by atoms with Gasteiger partial charge in [0.15, 0.2) is 0 Å². The van der Waals surface area contributed by atoms with E-state index in [1.54, 1.807) is 0 Å². The first-order valence-corrected chi connectivity index (χ1v) is 5.39. The van der Waals surface area contributed by atoms with Crippen molar-refractivity contribution in [3.05, 3.63) is 10.6 Å². The summed E-state index contributed by atoms with van der Waals surface area (Å²) in [6.45, 7) is 3.42. The van der Waals surface area contributed by atoms with Crippen LogP contribution in [-0.4, -0.2) is 36.5 Å². The van der Waals surface area contributed by atoms with Crippen molar-refractivity contribution in [3.63, 3.8) is 0 Å². The molecule has 1 heterocycles. The van der Waals surface area contributed by atoms with Crippen molar-refractivity contribution in [2.24, 2.45) is 0 Å². The van der Waals surface area contributed by atoms with Crippen molar-refractivity contribution in [3.8, 4) is 0 Å². The predicted molar refractivity (Wildman–Crippen MR) is 57.6 cm³/mol. The molecule has 0 aliphatic carbocycles. The van der Waals surface area contributed by atoms with Crippen LogP contribution in [0.3, 0.4) is 0 Å². The molecule has 0 bridgehead atoms. The Labute approximate surface area is 94.0 Å². The number of halogens is 2. The SMILES string of the molecule is CC1OCCC1(O)CNCC(Cl)=CCl. The van der Waals surface area contributed by atoms with Crippen molar-refractivity contribution >= 4 is 23.2 Å². The minimum absolute atomic E-state index is 0.131. The average Bonchev–Trinajstić information content (AvgIpc) is 2.47. The van der Waals surface area contributed by atoms with E-state index in [9.17, 15) is 5.11 Å². The van der Waals surface area contributed by atoms with Crippen LogP contribution in [-0.2, 0) is 4.74 Å². The number of ether oxygens (including phenoxy) is 1. The zero-order chi connectivity index (χ0) is 10.6. The standard InChI is InChI=1S/C9H15Cl2NO2/c1-7-9(13,2-3-14-7)6-12-5-8(11)4-10/h4,7,12-13H,2-3,5-6H2,1H3. The maximum atomic E-state index is 10.1. The third kappa shape index (κ3) is 3.11. The van der Waals surface area contributed by atoms with Crippen LogP contribution < -0.4 is 5.32 Å². The monoisotopic (exact) mass is 239 g/mol. The normalized spacial score (nSPS) is 33.7. The molecule has 0 saturated carbocycles. The Hall–Kier alpha value is 0.200.